The third-order valence-corrected chi connectivity index (χ3v) is 8.22. The first-order valence-corrected chi connectivity index (χ1v) is 14.0. The first-order valence-electron chi connectivity index (χ1n) is 14.0. The largest absolute Gasteiger partial charge is 0.466 e. The predicted octanol–water partition coefficient (Wildman–Crippen LogP) is 4.55. The number of ether oxygens (including phenoxy) is 1. The Morgan fingerprint density at radius 1 is 1.00 bits per heavy atom. The molecule has 3 aliphatic rings. The summed E-state index contributed by atoms with van der Waals surface area (Å²) in [6.45, 7) is 2.99. The van der Waals surface area contributed by atoms with E-state index in [2.05, 4.69) is 57.2 Å². The van der Waals surface area contributed by atoms with Crippen LogP contribution >= 0.6 is 0 Å². The molecule has 2 heterocycles. The number of benzene rings is 2. The molecular weight excluding hydrogens is 480 g/mol. The quantitative estimate of drug-likeness (QED) is 0.467. The highest BCUT2D eigenvalue weighted by Crippen LogP contribution is 2.51. The summed E-state index contributed by atoms with van der Waals surface area (Å²) in [7, 11) is 0. The SMILES string of the molecule is CCOC(=O)CCNC(=O)N[C@@H]1CCCC[C@@H]1C(=O)N1CC[C@@H]2[C@H](c3ccccc3)Nc3ccccc3[C@@H]21. The zero-order chi connectivity index (χ0) is 26.5. The number of urea groups is 1. The number of nitrogens with one attached hydrogen (secondary N) is 3. The van der Waals surface area contributed by atoms with Gasteiger partial charge in [0.25, 0.3) is 0 Å². The number of hydrogen-bond acceptors (Lipinski definition) is 5. The van der Waals surface area contributed by atoms with Gasteiger partial charge in [0.15, 0.2) is 0 Å². The monoisotopic (exact) mass is 518 g/mol. The van der Waals surface area contributed by atoms with Gasteiger partial charge in [-0.3, -0.25) is 9.59 Å². The fraction of sp³-hybridized carbons (Fsp3) is 0.500. The Labute approximate surface area is 224 Å². The van der Waals surface area contributed by atoms with Crippen molar-refractivity contribution in [1.82, 2.24) is 15.5 Å². The molecule has 38 heavy (non-hydrogen) atoms. The Hall–Kier alpha value is -3.55. The van der Waals surface area contributed by atoms with Gasteiger partial charge in [-0.1, -0.05) is 61.4 Å². The number of nitrogens with zero attached hydrogens (tertiary/aromatic N) is 1. The normalized spacial score (nSPS) is 25.9. The lowest BCUT2D eigenvalue weighted by atomic mass is 9.79. The van der Waals surface area contributed by atoms with Gasteiger partial charge in [0.1, 0.15) is 0 Å². The minimum Gasteiger partial charge on any atom is -0.466 e. The fourth-order valence-electron chi connectivity index (χ4n) is 6.51. The molecule has 0 spiro atoms. The van der Waals surface area contributed by atoms with E-state index in [1.165, 1.54) is 11.1 Å². The lowest BCUT2D eigenvalue weighted by molar-refractivity contribution is -0.143. The number of hydrogen-bond donors (Lipinski definition) is 3. The second kappa shape index (κ2) is 11.9. The summed E-state index contributed by atoms with van der Waals surface area (Å²) in [6.07, 6.45) is 4.55. The van der Waals surface area contributed by atoms with Crippen molar-refractivity contribution in [2.45, 2.75) is 63.6 Å². The molecule has 3 amide bonds. The van der Waals surface area contributed by atoms with Gasteiger partial charge in [-0.05, 0) is 43.4 Å². The van der Waals surface area contributed by atoms with E-state index in [1.54, 1.807) is 6.92 Å². The first-order chi connectivity index (χ1) is 18.6. The maximum atomic E-state index is 14.1. The molecule has 3 N–H and O–H groups in total. The Balaban J connectivity index is 1.31. The number of anilines is 1. The lowest BCUT2D eigenvalue weighted by Gasteiger charge is -2.42. The minimum atomic E-state index is -0.338. The number of rotatable bonds is 7. The maximum Gasteiger partial charge on any atom is 0.315 e. The average molecular weight is 519 g/mol. The van der Waals surface area contributed by atoms with Crippen molar-refractivity contribution in [1.29, 1.82) is 0 Å². The summed E-state index contributed by atoms with van der Waals surface area (Å²) in [5, 5.41) is 9.55. The van der Waals surface area contributed by atoms with Crippen molar-refractivity contribution in [3.63, 3.8) is 0 Å². The molecule has 1 aliphatic carbocycles. The van der Waals surface area contributed by atoms with Gasteiger partial charge in [-0.15, -0.1) is 0 Å². The summed E-state index contributed by atoms with van der Waals surface area (Å²) >= 11 is 0. The maximum absolute atomic E-state index is 14.1. The van der Waals surface area contributed by atoms with Gasteiger partial charge in [0.05, 0.1) is 31.0 Å². The van der Waals surface area contributed by atoms with Gasteiger partial charge in [-0.25, -0.2) is 4.79 Å². The van der Waals surface area contributed by atoms with Gasteiger partial charge in [0, 0.05) is 30.7 Å². The van der Waals surface area contributed by atoms with E-state index >= 15 is 0 Å². The summed E-state index contributed by atoms with van der Waals surface area (Å²) in [6, 6.07) is 18.4. The van der Waals surface area contributed by atoms with Crippen LogP contribution in [-0.2, 0) is 14.3 Å². The van der Waals surface area contributed by atoms with Crippen LogP contribution in [-0.4, -0.2) is 48.5 Å². The van der Waals surface area contributed by atoms with Crippen LogP contribution in [0.4, 0.5) is 10.5 Å². The van der Waals surface area contributed by atoms with Crippen LogP contribution in [0.5, 0.6) is 0 Å². The number of para-hydroxylation sites is 1. The van der Waals surface area contributed by atoms with Crippen molar-refractivity contribution >= 4 is 23.6 Å². The molecule has 202 valence electrons. The highest BCUT2D eigenvalue weighted by Gasteiger charge is 2.48. The summed E-state index contributed by atoms with van der Waals surface area (Å²) in [4.78, 5) is 40.4. The van der Waals surface area contributed by atoms with Crippen LogP contribution < -0.4 is 16.0 Å². The van der Waals surface area contributed by atoms with E-state index in [-0.39, 0.29) is 60.8 Å². The average Bonchev–Trinajstić information content (AvgIpc) is 3.39. The van der Waals surface area contributed by atoms with E-state index in [4.69, 9.17) is 4.74 Å². The Bertz CT molecular complexity index is 1140. The van der Waals surface area contributed by atoms with Crippen LogP contribution in [0.2, 0.25) is 0 Å². The highest BCUT2D eigenvalue weighted by atomic mass is 16.5. The Morgan fingerprint density at radius 2 is 1.76 bits per heavy atom. The van der Waals surface area contributed by atoms with E-state index in [9.17, 15) is 14.4 Å². The summed E-state index contributed by atoms with van der Waals surface area (Å²) in [5.74, 6) is -0.177. The molecular formula is C30H38N4O4. The van der Waals surface area contributed by atoms with Crippen molar-refractivity contribution < 1.29 is 19.1 Å². The molecule has 0 aromatic heterocycles. The standard InChI is InChI=1S/C30H38N4O4/c1-2-38-26(35)16-18-31-30(37)33-25-15-9-7-13-22(25)29(36)34-19-17-23-27(20-10-4-3-5-11-20)32-24-14-8-6-12-21(24)28(23)34/h3-6,8,10-12,14,22-23,25,27-28,32H,2,7,9,13,15-19H2,1H3,(H2,31,33,37)/t22-,23+,25+,27-,28-/m0/s1. The van der Waals surface area contributed by atoms with Crippen molar-refractivity contribution in [2.75, 3.05) is 25.0 Å². The molecule has 2 aromatic rings. The van der Waals surface area contributed by atoms with E-state index in [1.807, 2.05) is 18.2 Å². The Morgan fingerprint density at radius 3 is 2.58 bits per heavy atom. The van der Waals surface area contributed by atoms with Gasteiger partial charge in [0.2, 0.25) is 5.91 Å². The van der Waals surface area contributed by atoms with Crippen molar-refractivity contribution in [2.24, 2.45) is 11.8 Å². The van der Waals surface area contributed by atoms with Crippen LogP contribution in [0.1, 0.15) is 68.7 Å². The molecule has 1 saturated carbocycles. The summed E-state index contributed by atoms with van der Waals surface area (Å²) in [5.41, 5.74) is 3.50. The topological polar surface area (TPSA) is 99.8 Å². The van der Waals surface area contributed by atoms with Gasteiger partial charge in [-0.2, -0.15) is 0 Å². The molecule has 5 rings (SSSR count). The second-order valence-electron chi connectivity index (χ2n) is 10.5. The zero-order valence-electron chi connectivity index (χ0n) is 22.0. The molecule has 2 fully saturated rings. The first kappa shape index (κ1) is 26.1. The highest BCUT2D eigenvalue weighted by molar-refractivity contribution is 5.83. The summed E-state index contributed by atoms with van der Waals surface area (Å²) < 4.78 is 4.92. The molecule has 2 aromatic carbocycles. The van der Waals surface area contributed by atoms with Crippen LogP contribution in [0.15, 0.2) is 54.6 Å². The number of amides is 3. The number of fused-ring (bicyclic) bond motifs is 3. The lowest BCUT2D eigenvalue weighted by Crippen LogP contribution is -2.52. The van der Waals surface area contributed by atoms with Crippen LogP contribution in [0, 0.1) is 11.8 Å². The van der Waals surface area contributed by atoms with E-state index < -0.39 is 0 Å². The third-order valence-electron chi connectivity index (χ3n) is 8.22. The molecule has 2 aliphatic heterocycles. The molecule has 1 saturated heterocycles. The molecule has 5 atom stereocenters. The number of carbonyl (C=O) groups is 3. The van der Waals surface area contributed by atoms with Crippen LogP contribution in [0.3, 0.4) is 0 Å². The molecule has 8 nitrogen and oxygen atoms in total. The van der Waals surface area contributed by atoms with Gasteiger partial charge < -0.3 is 25.6 Å². The Kier molecular flexibility index (Phi) is 8.15. The number of likely N-dealkylation sites (tertiary alicyclic amines) is 1. The van der Waals surface area contributed by atoms with E-state index in [0.29, 0.717) is 13.2 Å². The van der Waals surface area contributed by atoms with Gasteiger partial charge >= 0.3 is 12.0 Å². The molecule has 8 heteroatoms. The number of carbonyl (C=O) groups excluding carboxylic acids is 3. The van der Waals surface area contributed by atoms with Crippen molar-refractivity contribution in [3.8, 4) is 0 Å². The fourth-order valence-corrected chi connectivity index (χ4v) is 6.51. The molecule has 0 radical (unpaired) electrons. The van der Waals surface area contributed by atoms with E-state index in [0.717, 1.165) is 37.8 Å². The number of esters is 1. The second-order valence-corrected chi connectivity index (χ2v) is 10.5. The van der Waals surface area contributed by atoms with Crippen LogP contribution in [0.25, 0.3) is 0 Å². The third kappa shape index (κ3) is 5.49. The molecule has 0 bridgehead atoms. The smallest absolute Gasteiger partial charge is 0.315 e. The zero-order valence-corrected chi connectivity index (χ0v) is 22.0. The molecule has 0 unspecified atom stereocenters. The van der Waals surface area contributed by atoms with Crippen molar-refractivity contribution in [3.05, 3.63) is 65.7 Å². The minimum absolute atomic E-state index is 0.00568. The predicted molar refractivity (Wildman–Crippen MR) is 145 cm³/mol.